The third kappa shape index (κ3) is 2.06. The molecule has 1 aromatic heterocycles. The molecule has 1 atom stereocenters. The summed E-state index contributed by atoms with van der Waals surface area (Å²) in [6.45, 7) is 0.702. The van der Waals surface area contributed by atoms with Gasteiger partial charge in [0.1, 0.15) is 6.26 Å². The minimum atomic E-state index is -1.05. The Labute approximate surface area is 91.4 Å². The van der Waals surface area contributed by atoms with Crippen LogP contribution in [0.5, 0.6) is 0 Å². The van der Waals surface area contributed by atoms with Gasteiger partial charge in [0.25, 0.3) is 5.91 Å². The number of rotatable bonds is 2. The van der Waals surface area contributed by atoms with Crippen molar-refractivity contribution in [2.45, 2.75) is 6.10 Å². The Morgan fingerprint density at radius 1 is 1.50 bits per heavy atom. The maximum absolute atomic E-state index is 11.8. The van der Waals surface area contributed by atoms with Crippen molar-refractivity contribution < 1.29 is 23.8 Å². The number of ether oxygens (including phenoxy) is 1. The van der Waals surface area contributed by atoms with E-state index in [4.69, 9.17) is 14.3 Å². The van der Waals surface area contributed by atoms with Crippen LogP contribution >= 0.6 is 0 Å². The van der Waals surface area contributed by atoms with E-state index in [-0.39, 0.29) is 19.1 Å². The predicted octanol–water partition coefficient (Wildman–Crippen LogP) is 0.205. The van der Waals surface area contributed by atoms with Gasteiger partial charge < -0.3 is 19.2 Å². The van der Waals surface area contributed by atoms with Crippen LogP contribution in [-0.4, -0.2) is 47.7 Å². The number of morpholine rings is 1. The smallest absolute Gasteiger partial charge is 0.334 e. The van der Waals surface area contributed by atoms with Crippen molar-refractivity contribution in [2.75, 3.05) is 19.7 Å². The molecule has 1 aliphatic rings. The van der Waals surface area contributed by atoms with Crippen LogP contribution in [0.1, 0.15) is 10.4 Å². The average molecular weight is 225 g/mol. The van der Waals surface area contributed by atoms with Crippen molar-refractivity contribution in [2.24, 2.45) is 0 Å². The van der Waals surface area contributed by atoms with Crippen molar-refractivity contribution in [3.05, 3.63) is 24.2 Å². The molecule has 0 saturated carbocycles. The highest BCUT2D eigenvalue weighted by Crippen LogP contribution is 2.11. The van der Waals surface area contributed by atoms with Gasteiger partial charge in [-0.2, -0.15) is 0 Å². The van der Waals surface area contributed by atoms with Gasteiger partial charge in [-0.25, -0.2) is 4.79 Å². The molecule has 6 heteroatoms. The van der Waals surface area contributed by atoms with E-state index in [9.17, 15) is 9.59 Å². The van der Waals surface area contributed by atoms with E-state index in [1.165, 1.54) is 17.4 Å². The van der Waals surface area contributed by atoms with Crippen LogP contribution < -0.4 is 0 Å². The van der Waals surface area contributed by atoms with Gasteiger partial charge in [-0.05, 0) is 6.07 Å². The first kappa shape index (κ1) is 10.7. The summed E-state index contributed by atoms with van der Waals surface area (Å²) in [7, 11) is 0. The maximum Gasteiger partial charge on any atom is 0.334 e. The molecular weight excluding hydrogens is 214 g/mol. The zero-order valence-corrected chi connectivity index (χ0v) is 8.46. The fraction of sp³-hybridized carbons (Fsp3) is 0.400. The van der Waals surface area contributed by atoms with Crippen molar-refractivity contribution in [3.63, 3.8) is 0 Å². The number of hydrogen-bond donors (Lipinski definition) is 1. The molecule has 1 unspecified atom stereocenters. The molecule has 0 aliphatic carbocycles. The summed E-state index contributed by atoms with van der Waals surface area (Å²) in [5, 5.41) is 8.79. The highest BCUT2D eigenvalue weighted by molar-refractivity contribution is 5.94. The monoisotopic (exact) mass is 225 g/mol. The minimum Gasteiger partial charge on any atom is -0.479 e. The highest BCUT2D eigenvalue weighted by Gasteiger charge is 2.29. The van der Waals surface area contributed by atoms with E-state index >= 15 is 0 Å². The van der Waals surface area contributed by atoms with E-state index in [0.29, 0.717) is 12.1 Å². The number of carboxylic acid groups (broad SMARTS) is 1. The van der Waals surface area contributed by atoms with Crippen LogP contribution in [0.15, 0.2) is 23.0 Å². The second-order valence-corrected chi connectivity index (χ2v) is 3.46. The number of carboxylic acids is 1. The van der Waals surface area contributed by atoms with Crippen molar-refractivity contribution in [1.29, 1.82) is 0 Å². The molecule has 1 amide bonds. The Bertz CT molecular complexity index is 386. The lowest BCUT2D eigenvalue weighted by molar-refractivity contribution is -0.154. The normalized spacial score (nSPS) is 20.8. The molecule has 0 spiro atoms. The van der Waals surface area contributed by atoms with E-state index in [2.05, 4.69) is 0 Å². The van der Waals surface area contributed by atoms with Crippen LogP contribution in [-0.2, 0) is 9.53 Å². The van der Waals surface area contributed by atoms with Crippen LogP contribution in [0.3, 0.4) is 0 Å². The maximum atomic E-state index is 11.8. The van der Waals surface area contributed by atoms with Crippen molar-refractivity contribution in [3.8, 4) is 0 Å². The third-order valence-corrected chi connectivity index (χ3v) is 2.40. The summed E-state index contributed by atoms with van der Waals surface area (Å²) in [4.78, 5) is 24.0. The van der Waals surface area contributed by atoms with Gasteiger partial charge in [0.05, 0.1) is 25.0 Å². The van der Waals surface area contributed by atoms with Crippen molar-refractivity contribution >= 4 is 11.9 Å². The summed E-state index contributed by atoms with van der Waals surface area (Å²) in [6.07, 6.45) is 1.81. The zero-order valence-electron chi connectivity index (χ0n) is 8.46. The van der Waals surface area contributed by atoms with Gasteiger partial charge in [-0.3, -0.25) is 4.79 Å². The highest BCUT2D eigenvalue weighted by atomic mass is 16.5. The molecule has 2 heterocycles. The van der Waals surface area contributed by atoms with Gasteiger partial charge in [0.15, 0.2) is 6.10 Å². The molecule has 1 aliphatic heterocycles. The fourth-order valence-electron chi connectivity index (χ4n) is 1.55. The summed E-state index contributed by atoms with van der Waals surface area (Å²) < 4.78 is 9.83. The molecule has 1 N–H and O–H groups in total. The molecule has 86 valence electrons. The van der Waals surface area contributed by atoms with Gasteiger partial charge in [0, 0.05) is 6.54 Å². The lowest BCUT2D eigenvalue weighted by Gasteiger charge is -2.30. The van der Waals surface area contributed by atoms with Gasteiger partial charge in [0.2, 0.25) is 0 Å². The first-order chi connectivity index (χ1) is 7.68. The Kier molecular flexibility index (Phi) is 2.91. The number of hydrogen-bond acceptors (Lipinski definition) is 4. The molecule has 6 nitrogen and oxygen atoms in total. The summed E-state index contributed by atoms with van der Waals surface area (Å²) in [5.41, 5.74) is 0.422. The number of carbonyl (C=O) groups is 2. The zero-order chi connectivity index (χ0) is 11.5. The first-order valence-corrected chi connectivity index (χ1v) is 4.84. The Balaban J connectivity index is 2.05. The molecule has 0 radical (unpaired) electrons. The van der Waals surface area contributed by atoms with Crippen molar-refractivity contribution in [1.82, 2.24) is 4.90 Å². The Morgan fingerprint density at radius 3 is 2.94 bits per heavy atom. The number of aliphatic carboxylic acids is 1. The third-order valence-electron chi connectivity index (χ3n) is 2.40. The molecule has 2 rings (SSSR count). The number of amides is 1. The second-order valence-electron chi connectivity index (χ2n) is 3.46. The summed E-state index contributed by atoms with van der Waals surface area (Å²) in [6, 6.07) is 1.55. The Morgan fingerprint density at radius 2 is 2.31 bits per heavy atom. The van der Waals surface area contributed by atoms with Gasteiger partial charge in [-0.15, -0.1) is 0 Å². The van der Waals surface area contributed by atoms with Crippen LogP contribution in [0.25, 0.3) is 0 Å². The molecule has 0 bridgehead atoms. The van der Waals surface area contributed by atoms with Crippen LogP contribution in [0, 0.1) is 0 Å². The number of furan rings is 1. The SMILES string of the molecule is O=C(O)C1CN(C(=O)c2ccoc2)CCO1. The Hall–Kier alpha value is -1.82. The number of nitrogens with zero attached hydrogens (tertiary/aromatic N) is 1. The average Bonchev–Trinajstić information content (AvgIpc) is 2.81. The standard InChI is InChI=1S/C10H11NO5/c12-9(7-1-3-15-6-7)11-2-4-16-8(5-11)10(13)14/h1,3,6,8H,2,4-5H2,(H,13,14). The van der Waals surface area contributed by atoms with Crippen LogP contribution in [0.4, 0.5) is 0 Å². The lowest BCUT2D eigenvalue weighted by atomic mass is 10.2. The summed E-state index contributed by atoms with van der Waals surface area (Å²) in [5.74, 6) is -1.28. The number of carbonyl (C=O) groups excluding carboxylic acids is 1. The molecule has 1 saturated heterocycles. The molecule has 0 aromatic carbocycles. The first-order valence-electron chi connectivity index (χ1n) is 4.84. The van der Waals surface area contributed by atoms with Gasteiger partial charge >= 0.3 is 5.97 Å². The minimum absolute atomic E-state index is 0.0688. The van der Waals surface area contributed by atoms with E-state index < -0.39 is 12.1 Å². The fourth-order valence-corrected chi connectivity index (χ4v) is 1.55. The molecule has 16 heavy (non-hydrogen) atoms. The van der Waals surface area contributed by atoms with E-state index in [1.807, 2.05) is 0 Å². The molecule has 1 aromatic rings. The summed E-state index contributed by atoms with van der Waals surface area (Å²) >= 11 is 0. The lowest BCUT2D eigenvalue weighted by Crippen LogP contribution is -2.48. The predicted molar refractivity (Wildman–Crippen MR) is 52.0 cm³/mol. The quantitative estimate of drug-likeness (QED) is 0.778. The van der Waals surface area contributed by atoms with Crippen LogP contribution in [0.2, 0.25) is 0 Å². The van der Waals surface area contributed by atoms with E-state index in [0.717, 1.165) is 0 Å². The van der Waals surface area contributed by atoms with E-state index in [1.54, 1.807) is 6.07 Å². The largest absolute Gasteiger partial charge is 0.479 e. The molecule has 1 fully saturated rings. The van der Waals surface area contributed by atoms with Gasteiger partial charge in [-0.1, -0.05) is 0 Å². The molecular formula is C10H11NO5. The topological polar surface area (TPSA) is 80.0 Å². The second kappa shape index (κ2) is 4.36.